The van der Waals surface area contributed by atoms with Crippen LogP contribution < -0.4 is 0 Å². The number of hydrogen-bond acceptors (Lipinski definition) is 5. The predicted molar refractivity (Wildman–Crippen MR) is 39.4 cm³/mol. The molecule has 5 nitrogen and oxygen atoms in total. The van der Waals surface area contributed by atoms with Crippen molar-refractivity contribution in [1.29, 1.82) is 0 Å². The standard InChI is InChI=1S/C7H14O5/c1-3-4(8)5(9)6(11-2)7(10)12-3/h3-10H,1-2H3/t3-,4+,5+,6+,7-/m0/s1. The van der Waals surface area contributed by atoms with E-state index in [0.29, 0.717) is 0 Å². The Morgan fingerprint density at radius 2 is 1.75 bits per heavy atom. The van der Waals surface area contributed by atoms with Crippen LogP contribution in [-0.2, 0) is 9.47 Å². The van der Waals surface area contributed by atoms with E-state index in [-0.39, 0.29) is 0 Å². The summed E-state index contributed by atoms with van der Waals surface area (Å²) >= 11 is 0. The van der Waals surface area contributed by atoms with Crippen molar-refractivity contribution < 1.29 is 24.8 Å². The second-order valence-corrected chi connectivity index (χ2v) is 2.91. The SMILES string of the molecule is CO[C@@H]1[C@H](O)[C@H](O)[C@H](C)O[C@@H]1O. The van der Waals surface area contributed by atoms with Crippen LogP contribution in [-0.4, -0.2) is 53.1 Å². The molecule has 1 fully saturated rings. The minimum absolute atomic E-state index is 0.582. The van der Waals surface area contributed by atoms with Crippen LogP contribution in [0.4, 0.5) is 0 Å². The molecular formula is C7H14O5. The molecule has 0 aromatic rings. The van der Waals surface area contributed by atoms with Gasteiger partial charge in [0.1, 0.15) is 18.3 Å². The van der Waals surface area contributed by atoms with Crippen molar-refractivity contribution in [2.24, 2.45) is 0 Å². The lowest BCUT2D eigenvalue weighted by Gasteiger charge is -2.38. The number of methoxy groups -OCH3 is 1. The van der Waals surface area contributed by atoms with Crippen LogP contribution in [0.5, 0.6) is 0 Å². The van der Waals surface area contributed by atoms with Gasteiger partial charge < -0.3 is 24.8 Å². The molecule has 0 aromatic heterocycles. The molecule has 1 aliphatic heterocycles. The molecule has 0 amide bonds. The molecule has 0 radical (unpaired) electrons. The lowest BCUT2D eigenvalue weighted by atomic mass is 10.00. The molecule has 0 aromatic carbocycles. The molecule has 0 unspecified atom stereocenters. The average Bonchev–Trinajstić information content (AvgIpc) is 2.01. The van der Waals surface area contributed by atoms with E-state index >= 15 is 0 Å². The largest absolute Gasteiger partial charge is 0.388 e. The number of aliphatic hydroxyl groups is 3. The van der Waals surface area contributed by atoms with Crippen LogP contribution in [0, 0.1) is 0 Å². The second kappa shape index (κ2) is 3.68. The summed E-state index contributed by atoms with van der Waals surface area (Å²) in [6.07, 6.45) is -4.76. The third-order valence-electron chi connectivity index (χ3n) is 2.07. The van der Waals surface area contributed by atoms with Gasteiger partial charge in [-0.15, -0.1) is 0 Å². The average molecular weight is 178 g/mol. The molecular weight excluding hydrogens is 164 g/mol. The zero-order valence-electron chi connectivity index (χ0n) is 7.04. The Morgan fingerprint density at radius 3 is 2.25 bits per heavy atom. The van der Waals surface area contributed by atoms with Crippen molar-refractivity contribution in [2.45, 2.75) is 37.6 Å². The molecule has 1 rings (SSSR count). The molecule has 72 valence electrons. The maximum absolute atomic E-state index is 9.36. The van der Waals surface area contributed by atoms with Gasteiger partial charge in [0.15, 0.2) is 6.29 Å². The van der Waals surface area contributed by atoms with Gasteiger partial charge in [-0.3, -0.25) is 0 Å². The first-order chi connectivity index (χ1) is 5.57. The van der Waals surface area contributed by atoms with Crippen LogP contribution in [0.25, 0.3) is 0 Å². The Hall–Kier alpha value is -0.200. The first kappa shape index (κ1) is 9.88. The molecule has 3 N–H and O–H groups in total. The van der Waals surface area contributed by atoms with E-state index in [9.17, 15) is 15.3 Å². The van der Waals surface area contributed by atoms with Crippen molar-refractivity contribution in [2.75, 3.05) is 7.11 Å². The lowest BCUT2D eigenvalue weighted by Crippen LogP contribution is -2.57. The van der Waals surface area contributed by atoms with Crippen LogP contribution in [0.2, 0.25) is 0 Å². The summed E-state index contributed by atoms with van der Waals surface area (Å²) in [5.74, 6) is 0. The highest BCUT2D eigenvalue weighted by molar-refractivity contribution is 4.87. The number of ether oxygens (including phenoxy) is 2. The molecule has 5 atom stereocenters. The van der Waals surface area contributed by atoms with Crippen molar-refractivity contribution in [3.05, 3.63) is 0 Å². The summed E-state index contributed by atoms with van der Waals surface area (Å²) in [7, 11) is 1.34. The van der Waals surface area contributed by atoms with Gasteiger partial charge in [-0.05, 0) is 6.92 Å². The normalized spacial score (nSPS) is 49.2. The topological polar surface area (TPSA) is 79.2 Å². The van der Waals surface area contributed by atoms with Gasteiger partial charge in [0, 0.05) is 7.11 Å². The predicted octanol–water partition coefficient (Wildman–Crippen LogP) is -1.54. The number of aliphatic hydroxyl groups excluding tert-OH is 3. The van der Waals surface area contributed by atoms with E-state index in [4.69, 9.17) is 9.47 Å². The van der Waals surface area contributed by atoms with Crippen LogP contribution in [0.3, 0.4) is 0 Å². The van der Waals surface area contributed by atoms with Gasteiger partial charge >= 0.3 is 0 Å². The fourth-order valence-electron chi connectivity index (χ4n) is 1.27. The molecule has 0 aliphatic carbocycles. The van der Waals surface area contributed by atoms with Crippen LogP contribution >= 0.6 is 0 Å². The van der Waals surface area contributed by atoms with Gasteiger partial charge in [0.2, 0.25) is 0 Å². The van der Waals surface area contributed by atoms with Crippen molar-refractivity contribution in [3.63, 3.8) is 0 Å². The van der Waals surface area contributed by atoms with Crippen LogP contribution in [0.15, 0.2) is 0 Å². The van der Waals surface area contributed by atoms with E-state index in [1.54, 1.807) is 6.92 Å². The van der Waals surface area contributed by atoms with Crippen LogP contribution in [0.1, 0.15) is 6.92 Å². The molecule has 0 saturated carbocycles. The van der Waals surface area contributed by atoms with E-state index < -0.39 is 30.7 Å². The number of hydrogen-bond donors (Lipinski definition) is 3. The Labute approximate surface area is 70.5 Å². The summed E-state index contributed by atoms with van der Waals surface area (Å²) in [5, 5.41) is 27.9. The molecule has 0 bridgehead atoms. The maximum atomic E-state index is 9.36. The van der Waals surface area contributed by atoms with Crippen molar-refractivity contribution >= 4 is 0 Å². The smallest absolute Gasteiger partial charge is 0.184 e. The minimum atomic E-state index is -1.18. The lowest BCUT2D eigenvalue weighted by molar-refractivity contribution is -0.283. The summed E-state index contributed by atoms with van der Waals surface area (Å²) in [6.45, 7) is 1.57. The van der Waals surface area contributed by atoms with Crippen molar-refractivity contribution in [1.82, 2.24) is 0 Å². The van der Waals surface area contributed by atoms with Gasteiger partial charge in [-0.2, -0.15) is 0 Å². The molecule has 1 heterocycles. The molecule has 5 heteroatoms. The Balaban J connectivity index is 2.65. The first-order valence-corrected chi connectivity index (χ1v) is 3.80. The monoisotopic (exact) mass is 178 g/mol. The first-order valence-electron chi connectivity index (χ1n) is 3.80. The fourth-order valence-corrected chi connectivity index (χ4v) is 1.27. The Bertz CT molecular complexity index is 151. The van der Waals surface area contributed by atoms with Gasteiger partial charge in [0.05, 0.1) is 6.10 Å². The van der Waals surface area contributed by atoms with Gasteiger partial charge in [0.25, 0.3) is 0 Å². The van der Waals surface area contributed by atoms with E-state index in [2.05, 4.69) is 0 Å². The van der Waals surface area contributed by atoms with Crippen molar-refractivity contribution in [3.8, 4) is 0 Å². The Morgan fingerprint density at radius 1 is 1.17 bits per heavy atom. The third-order valence-corrected chi connectivity index (χ3v) is 2.07. The molecule has 0 spiro atoms. The summed E-state index contributed by atoms with van der Waals surface area (Å²) in [6, 6.07) is 0. The zero-order chi connectivity index (χ0) is 9.30. The Kier molecular flexibility index (Phi) is 3.03. The molecule has 1 aliphatic rings. The van der Waals surface area contributed by atoms with Gasteiger partial charge in [-0.25, -0.2) is 0 Å². The summed E-state index contributed by atoms with van der Waals surface area (Å²) in [5.41, 5.74) is 0. The highest BCUT2D eigenvalue weighted by Gasteiger charge is 2.41. The quantitative estimate of drug-likeness (QED) is 0.453. The summed E-state index contributed by atoms with van der Waals surface area (Å²) in [4.78, 5) is 0. The van der Waals surface area contributed by atoms with E-state index in [0.717, 1.165) is 0 Å². The number of rotatable bonds is 1. The van der Waals surface area contributed by atoms with E-state index in [1.807, 2.05) is 0 Å². The second-order valence-electron chi connectivity index (χ2n) is 2.91. The fraction of sp³-hybridized carbons (Fsp3) is 1.00. The highest BCUT2D eigenvalue weighted by Crippen LogP contribution is 2.20. The van der Waals surface area contributed by atoms with E-state index in [1.165, 1.54) is 7.11 Å². The third kappa shape index (κ3) is 1.60. The minimum Gasteiger partial charge on any atom is -0.388 e. The molecule has 1 saturated heterocycles. The molecule has 12 heavy (non-hydrogen) atoms. The maximum Gasteiger partial charge on any atom is 0.184 e. The summed E-state index contributed by atoms with van der Waals surface area (Å²) < 4.78 is 9.64. The zero-order valence-corrected chi connectivity index (χ0v) is 7.04. The van der Waals surface area contributed by atoms with Gasteiger partial charge in [-0.1, -0.05) is 0 Å². The highest BCUT2D eigenvalue weighted by atomic mass is 16.7.